The second-order valence-electron chi connectivity index (χ2n) is 7.67. The van der Waals surface area contributed by atoms with Gasteiger partial charge in [-0.1, -0.05) is 29.4 Å². The van der Waals surface area contributed by atoms with E-state index < -0.39 is 0 Å². The Bertz CT molecular complexity index is 1120. The predicted octanol–water partition coefficient (Wildman–Crippen LogP) is 6.00. The highest BCUT2D eigenvalue weighted by atomic mass is 35.5. The van der Waals surface area contributed by atoms with Crippen LogP contribution in [-0.4, -0.2) is 33.0 Å². The molecule has 2 aromatic carbocycles. The standard InChI is InChI=1S/C25H29ClN4O3S/c1-6-12-30-24(18(5)33-21-13-16(3)23(26)17(4)14-21)28-29-25(30)34-15-22(31)27-19-8-10-20(11-9-19)32-7-2/h6,8-11,13-14,18H,1,7,12,15H2,2-5H3,(H,27,31). The van der Waals surface area contributed by atoms with Gasteiger partial charge in [-0.3, -0.25) is 9.36 Å². The lowest BCUT2D eigenvalue weighted by molar-refractivity contribution is -0.113. The molecule has 0 spiro atoms. The van der Waals surface area contributed by atoms with E-state index >= 15 is 0 Å². The fraction of sp³-hybridized carbons (Fsp3) is 0.320. The summed E-state index contributed by atoms with van der Waals surface area (Å²) < 4.78 is 13.5. The highest BCUT2D eigenvalue weighted by Gasteiger charge is 2.20. The van der Waals surface area contributed by atoms with Crippen LogP contribution in [0.1, 0.15) is 36.9 Å². The molecule has 1 amide bonds. The number of aromatic nitrogens is 3. The molecule has 3 aromatic rings. The molecule has 0 saturated heterocycles. The molecule has 9 heteroatoms. The maximum atomic E-state index is 12.5. The predicted molar refractivity (Wildman–Crippen MR) is 137 cm³/mol. The molecule has 1 atom stereocenters. The Balaban J connectivity index is 1.66. The van der Waals surface area contributed by atoms with E-state index in [1.807, 2.05) is 68.7 Å². The minimum absolute atomic E-state index is 0.139. The first-order valence-electron chi connectivity index (χ1n) is 10.9. The molecular weight excluding hydrogens is 472 g/mol. The van der Waals surface area contributed by atoms with Gasteiger partial charge in [0.2, 0.25) is 5.91 Å². The highest BCUT2D eigenvalue weighted by Crippen LogP contribution is 2.30. The first kappa shape index (κ1) is 25.6. The summed E-state index contributed by atoms with van der Waals surface area (Å²) in [5.41, 5.74) is 2.61. The Labute approximate surface area is 209 Å². The van der Waals surface area contributed by atoms with Gasteiger partial charge >= 0.3 is 0 Å². The Kier molecular flexibility index (Phi) is 9.01. The van der Waals surface area contributed by atoms with Crippen LogP contribution in [0.4, 0.5) is 5.69 Å². The quantitative estimate of drug-likeness (QED) is 0.257. The zero-order valence-corrected chi connectivity index (χ0v) is 21.4. The summed E-state index contributed by atoms with van der Waals surface area (Å²) in [4.78, 5) is 12.5. The monoisotopic (exact) mass is 500 g/mol. The second-order valence-corrected chi connectivity index (χ2v) is 8.99. The SMILES string of the molecule is C=CCn1c(SCC(=O)Nc2ccc(OCC)cc2)nnc1C(C)Oc1cc(C)c(Cl)c(C)c1. The molecule has 7 nitrogen and oxygen atoms in total. The lowest BCUT2D eigenvalue weighted by Crippen LogP contribution is -2.15. The van der Waals surface area contributed by atoms with Crippen molar-refractivity contribution in [2.24, 2.45) is 0 Å². The summed E-state index contributed by atoms with van der Waals surface area (Å²) in [6.45, 7) is 12.7. The van der Waals surface area contributed by atoms with Crippen molar-refractivity contribution in [2.75, 3.05) is 17.7 Å². The lowest BCUT2D eigenvalue weighted by atomic mass is 10.1. The number of allylic oxidation sites excluding steroid dienone is 1. The van der Waals surface area contributed by atoms with E-state index in [0.29, 0.717) is 35.6 Å². The molecular formula is C25H29ClN4O3S. The summed E-state index contributed by atoms with van der Waals surface area (Å²) >= 11 is 7.58. The Morgan fingerprint density at radius 3 is 2.50 bits per heavy atom. The fourth-order valence-corrected chi connectivity index (χ4v) is 4.23. The van der Waals surface area contributed by atoms with Gasteiger partial charge in [0.15, 0.2) is 17.1 Å². The summed E-state index contributed by atoms with van der Waals surface area (Å²) in [6, 6.07) is 11.1. The van der Waals surface area contributed by atoms with Gasteiger partial charge in [-0.25, -0.2) is 0 Å². The Hall–Kier alpha value is -2.97. The summed E-state index contributed by atoms with van der Waals surface area (Å²) in [5, 5.41) is 12.9. The minimum atomic E-state index is -0.362. The van der Waals surface area contributed by atoms with Crippen molar-refractivity contribution in [1.82, 2.24) is 14.8 Å². The maximum Gasteiger partial charge on any atom is 0.234 e. The van der Waals surface area contributed by atoms with E-state index in [4.69, 9.17) is 21.1 Å². The number of halogens is 1. The van der Waals surface area contributed by atoms with Crippen LogP contribution >= 0.6 is 23.4 Å². The molecule has 1 aromatic heterocycles. The molecule has 1 N–H and O–H groups in total. The molecule has 0 aliphatic rings. The largest absolute Gasteiger partial charge is 0.494 e. The summed E-state index contributed by atoms with van der Waals surface area (Å²) in [5.74, 6) is 2.18. The van der Waals surface area contributed by atoms with Crippen molar-refractivity contribution < 1.29 is 14.3 Å². The van der Waals surface area contributed by atoms with Crippen LogP contribution in [0.5, 0.6) is 11.5 Å². The maximum absolute atomic E-state index is 12.5. The molecule has 180 valence electrons. The molecule has 0 saturated carbocycles. The zero-order valence-electron chi connectivity index (χ0n) is 19.8. The van der Waals surface area contributed by atoms with Gasteiger partial charge in [0, 0.05) is 17.3 Å². The first-order chi connectivity index (χ1) is 16.3. The number of nitrogens with zero attached hydrogens (tertiary/aromatic N) is 3. The molecule has 0 radical (unpaired) electrons. The number of hydrogen-bond donors (Lipinski definition) is 1. The number of thioether (sulfide) groups is 1. The van der Waals surface area contributed by atoms with Crippen LogP contribution in [-0.2, 0) is 11.3 Å². The number of carbonyl (C=O) groups is 1. The number of rotatable bonds is 11. The second kappa shape index (κ2) is 11.9. The summed E-state index contributed by atoms with van der Waals surface area (Å²) in [6.07, 6.45) is 1.40. The normalized spacial score (nSPS) is 11.7. The lowest BCUT2D eigenvalue weighted by Gasteiger charge is -2.17. The Morgan fingerprint density at radius 2 is 1.88 bits per heavy atom. The van der Waals surface area contributed by atoms with Crippen molar-refractivity contribution in [1.29, 1.82) is 0 Å². The number of hydrogen-bond acceptors (Lipinski definition) is 6. The molecule has 0 fully saturated rings. The van der Waals surface area contributed by atoms with E-state index in [1.54, 1.807) is 6.08 Å². The molecule has 3 rings (SSSR count). The van der Waals surface area contributed by atoms with Crippen molar-refractivity contribution >= 4 is 35.0 Å². The smallest absolute Gasteiger partial charge is 0.234 e. The van der Waals surface area contributed by atoms with Crippen LogP contribution < -0.4 is 14.8 Å². The van der Waals surface area contributed by atoms with Crippen molar-refractivity contribution in [3.8, 4) is 11.5 Å². The zero-order chi connectivity index (χ0) is 24.7. The molecule has 0 aliphatic heterocycles. The highest BCUT2D eigenvalue weighted by molar-refractivity contribution is 7.99. The van der Waals surface area contributed by atoms with Gasteiger partial charge in [0.05, 0.1) is 12.4 Å². The van der Waals surface area contributed by atoms with Gasteiger partial charge < -0.3 is 14.8 Å². The minimum Gasteiger partial charge on any atom is -0.494 e. The average molecular weight is 501 g/mol. The van der Waals surface area contributed by atoms with E-state index in [1.165, 1.54) is 11.8 Å². The van der Waals surface area contributed by atoms with Crippen LogP contribution in [0.2, 0.25) is 5.02 Å². The molecule has 1 heterocycles. The molecule has 0 aliphatic carbocycles. The van der Waals surface area contributed by atoms with Crippen molar-refractivity contribution in [3.63, 3.8) is 0 Å². The van der Waals surface area contributed by atoms with E-state index in [9.17, 15) is 4.79 Å². The van der Waals surface area contributed by atoms with Crippen LogP contribution in [0.25, 0.3) is 0 Å². The number of benzene rings is 2. The van der Waals surface area contributed by atoms with Gasteiger partial charge in [0.1, 0.15) is 11.5 Å². The molecule has 34 heavy (non-hydrogen) atoms. The molecule has 1 unspecified atom stereocenters. The van der Waals surface area contributed by atoms with E-state index in [-0.39, 0.29) is 17.8 Å². The summed E-state index contributed by atoms with van der Waals surface area (Å²) in [7, 11) is 0. The molecule has 0 bridgehead atoms. The number of anilines is 1. The third kappa shape index (κ3) is 6.55. The van der Waals surface area contributed by atoms with Crippen LogP contribution in [0.3, 0.4) is 0 Å². The van der Waals surface area contributed by atoms with Gasteiger partial charge in [-0.05, 0) is 75.2 Å². The third-order valence-electron chi connectivity index (χ3n) is 4.92. The number of carbonyl (C=O) groups excluding carboxylic acids is 1. The fourth-order valence-electron chi connectivity index (χ4n) is 3.37. The first-order valence-corrected chi connectivity index (χ1v) is 12.3. The number of aryl methyl sites for hydroxylation is 2. The van der Waals surface area contributed by atoms with Gasteiger partial charge in [-0.2, -0.15) is 0 Å². The van der Waals surface area contributed by atoms with E-state index in [2.05, 4.69) is 22.1 Å². The topological polar surface area (TPSA) is 78.3 Å². The third-order valence-corrected chi connectivity index (χ3v) is 6.49. The number of nitrogens with one attached hydrogen (secondary N) is 1. The Morgan fingerprint density at radius 1 is 1.21 bits per heavy atom. The van der Waals surface area contributed by atoms with Crippen LogP contribution in [0, 0.1) is 13.8 Å². The number of amides is 1. The van der Waals surface area contributed by atoms with Crippen molar-refractivity contribution in [3.05, 3.63) is 71.0 Å². The van der Waals surface area contributed by atoms with Gasteiger partial charge in [-0.15, -0.1) is 16.8 Å². The van der Waals surface area contributed by atoms with E-state index in [0.717, 1.165) is 21.9 Å². The van der Waals surface area contributed by atoms with Gasteiger partial charge in [0.25, 0.3) is 0 Å². The average Bonchev–Trinajstić information content (AvgIpc) is 3.20. The van der Waals surface area contributed by atoms with Crippen LogP contribution in [0.15, 0.2) is 54.2 Å². The number of ether oxygens (including phenoxy) is 2. The van der Waals surface area contributed by atoms with Crippen molar-refractivity contribution in [2.45, 2.75) is 45.5 Å².